The Morgan fingerprint density at radius 1 is 1.14 bits per heavy atom. The van der Waals surface area contributed by atoms with E-state index in [1.54, 1.807) is 23.5 Å². The molecule has 21 heavy (non-hydrogen) atoms. The molecular formula is C15H13N3OS2. The van der Waals surface area contributed by atoms with Crippen LogP contribution < -0.4 is 5.32 Å². The Morgan fingerprint density at radius 2 is 1.90 bits per heavy atom. The molecule has 0 unspecified atom stereocenters. The normalized spacial score (nSPS) is 10.6. The average Bonchev–Trinajstić information content (AvgIpc) is 3.06. The van der Waals surface area contributed by atoms with Crippen molar-refractivity contribution in [2.45, 2.75) is 13.8 Å². The zero-order valence-electron chi connectivity index (χ0n) is 11.6. The molecule has 2 aromatic heterocycles. The summed E-state index contributed by atoms with van der Waals surface area (Å²) in [7, 11) is 0. The lowest BCUT2D eigenvalue weighted by Crippen LogP contribution is -2.11. The number of nitrogens with zero attached hydrogens (tertiary/aromatic N) is 2. The van der Waals surface area contributed by atoms with Crippen LogP contribution in [-0.2, 0) is 0 Å². The first-order chi connectivity index (χ1) is 10.1. The van der Waals surface area contributed by atoms with Gasteiger partial charge in [0, 0.05) is 10.9 Å². The molecule has 2 heterocycles. The van der Waals surface area contributed by atoms with Crippen molar-refractivity contribution >= 4 is 33.7 Å². The molecule has 0 aliphatic carbocycles. The number of benzene rings is 1. The second kappa shape index (κ2) is 5.75. The van der Waals surface area contributed by atoms with Gasteiger partial charge in [0.1, 0.15) is 0 Å². The molecule has 1 N–H and O–H groups in total. The Kier molecular flexibility index (Phi) is 3.81. The molecule has 1 aromatic carbocycles. The minimum absolute atomic E-state index is 0.145. The lowest BCUT2D eigenvalue weighted by molar-refractivity contribution is 0.102. The number of hydrogen-bond acceptors (Lipinski definition) is 5. The van der Waals surface area contributed by atoms with Gasteiger partial charge in [-0.3, -0.25) is 10.1 Å². The van der Waals surface area contributed by atoms with Crippen molar-refractivity contribution in [3.63, 3.8) is 0 Å². The van der Waals surface area contributed by atoms with E-state index in [0.29, 0.717) is 10.7 Å². The first-order valence-corrected chi connectivity index (χ1v) is 8.09. The zero-order valence-corrected chi connectivity index (χ0v) is 13.2. The standard InChI is InChI=1S/C15H13N3OS2/c1-9-13(21-10(2)16-9)12-8-20-15(17-12)18-14(19)11-6-4-3-5-7-11/h3-8H,1-2H3,(H,17,18,19). The van der Waals surface area contributed by atoms with E-state index in [4.69, 9.17) is 0 Å². The number of hydrogen-bond donors (Lipinski definition) is 1. The van der Waals surface area contributed by atoms with Gasteiger partial charge in [0.25, 0.3) is 5.91 Å². The van der Waals surface area contributed by atoms with Gasteiger partial charge in [-0.1, -0.05) is 18.2 Å². The van der Waals surface area contributed by atoms with E-state index >= 15 is 0 Å². The number of anilines is 1. The third-order valence-electron chi connectivity index (χ3n) is 2.90. The smallest absolute Gasteiger partial charge is 0.257 e. The van der Waals surface area contributed by atoms with E-state index in [1.807, 2.05) is 37.4 Å². The van der Waals surface area contributed by atoms with Gasteiger partial charge in [-0.2, -0.15) is 0 Å². The molecule has 0 spiro atoms. The molecule has 0 aliphatic rings. The van der Waals surface area contributed by atoms with Gasteiger partial charge in [-0.15, -0.1) is 22.7 Å². The van der Waals surface area contributed by atoms with E-state index < -0.39 is 0 Å². The first-order valence-electron chi connectivity index (χ1n) is 6.40. The second-order valence-corrected chi connectivity index (χ2v) is 6.57. The van der Waals surface area contributed by atoms with Crippen molar-refractivity contribution in [2.75, 3.05) is 5.32 Å². The fourth-order valence-electron chi connectivity index (χ4n) is 1.96. The number of nitrogens with one attached hydrogen (secondary N) is 1. The molecule has 0 fully saturated rings. The number of amides is 1. The number of aryl methyl sites for hydroxylation is 2. The van der Waals surface area contributed by atoms with Crippen LogP contribution in [0.2, 0.25) is 0 Å². The molecule has 4 nitrogen and oxygen atoms in total. The highest BCUT2D eigenvalue weighted by atomic mass is 32.1. The lowest BCUT2D eigenvalue weighted by Gasteiger charge is -2.00. The van der Waals surface area contributed by atoms with E-state index in [2.05, 4.69) is 15.3 Å². The predicted octanol–water partition coefficient (Wildman–Crippen LogP) is 4.14. The summed E-state index contributed by atoms with van der Waals surface area (Å²) in [4.78, 5) is 22.0. The van der Waals surface area contributed by atoms with Gasteiger partial charge < -0.3 is 0 Å². The van der Waals surface area contributed by atoms with Crippen LogP contribution in [0, 0.1) is 13.8 Å². The van der Waals surface area contributed by atoms with Crippen LogP contribution in [0.5, 0.6) is 0 Å². The third kappa shape index (κ3) is 3.01. The summed E-state index contributed by atoms with van der Waals surface area (Å²) in [5.41, 5.74) is 2.47. The van der Waals surface area contributed by atoms with Crippen molar-refractivity contribution in [2.24, 2.45) is 0 Å². The van der Waals surface area contributed by atoms with Crippen LogP contribution in [0.25, 0.3) is 10.6 Å². The number of rotatable bonds is 3. The van der Waals surface area contributed by atoms with Gasteiger partial charge >= 0.3 is 0 Å². The van der Waals surface area contributed by atoms with Crippen molar-refractivity contribution in [1.29, 1.82) is 0 Å². The quantitative estimate of drug-likeness (QED) is 0.790. The summed E-state index contributed by atoms with van der Waals surface area (Å²) in [6.07, 6.45) is 0. The largest absolute Gasteiger partial charge is 0.298 e. The Labute approximate surface area is 130 Å². The van der Waals surface area contributed by atoms with Gasteiger partial charge in [-0.05, 0) is 26.0 Å². The molecule has 3 aromatic rings. The van der Waals surface area contributed by atoms with E-state index in [9.17, 15) is 4.79 Å². The molecule has 3 rings (SSSR count). The fourth-order valence-corrected chi connectivity index (χ4v) is 3.61. The van der Waals surface area contributed by atoms with Crippen molar-refractivity contribution in [3.05, 3.63) is 52.0 Å². The predicted molar refractivity (Wildman–Crippen MR) is 87.1 cm³/mol. The number of aromatic nitrogens is 2. The summed E-state index contributed by atoms with van der Waals surface area (Å²) >= 11 is 3.04. The summed E-state index contributed by atoms with van der Waals surface area (Å²) in [6.45, 7) is 3.95. The Hall–Kier alpha value is -2.05. The van der Waals surface area contributed by atoms with Crippen LogP contribution in [0.4, 0.5) is 5.13 Å². The highest BCUT2D eigenvalue weighted by Crippen LogP contribution is 2.32. The molecule has 0 saturated carbocycles. The Morgan fingerprint density at radius 3 is 2.57 bits per heavy atom. The van der Waals surface area contributed by atoms with Gasteiger partial charge in [0.15, 0.2) is 5.13 Å². The van der Waals surface area contributed by atoms with Crippen molar-refractivity contribution in [3.8, 4) is 10.6 Å². The molecule has 6 heteroatoms. The Balaban J connectivity index is 1.80. The number of thiazole rings is 2. The molecule has 0 saturated heterocycles. The van der Waals surface area contributed by atoms with Crippen LogP contribution in [0.3, 0.4) is 0 Å². The lowest BCUT2D eigenvalue weighted by atomic mass is 10.2. The van der Waals surface area contributed by atoms with Gasteiger partial charge in [0.05, 0.1) is 21.3 Å². The molecule has 106 valence electrons. The second-order valence-electron chi connectivity index (χ2n) is 4.51. The molecular weight excluding hydrogens is 302 g/mol. The summed E-state index contributed by atoms with van der Waals surface area (Å²) in [5.74, 6) is -0.145. The average molecular weight is 315 g/mol. The third-order valence-corrected chi connectivity index (χ3v) is 4.75. The monoisotopic (exact) mass is 315 g/mol. The van der Waals surface area contributed by atoms with Crippen LogP contribution in [0.15, 0.2) is 35.7 Å². The maximum atomic E-state index is 12.1. The summed E-state index contributed by atoms with van der Waals surface area (Å²) < 4.78 is 0. The molecule has 0 aliphatic heterocycles. The van der Waals surface area contributed by atoms with E-state index in [-0.39, 0.29) is 5.91 Å². The maximum Gasteiger partial charge on any atom is 0.257 e. The highest BCUT2D eigenvalue weighted by Gasteiger charge is 2.13. The molecule has 0 atom stereocenters. The van der Waals surface area contributed by atoms with Gasteiger partial charge in [-0.25, -0.2) is 9.97 Å². The zero-order chi connectivity index (χ0) is 14.8. The SMILES string of the molecule is Cc1nc(C)c(-c2csc(NC(=O)c3ccccc3)n2)s1. The van der Waals surface area contributed by atoms with Crippen LogP contribution in [-0.4, -0.2) is 15.9 Å². The maximum absolute atomic E-state index is 12.1. The summed E-state index contributed by atoms with van der Waals surface area (Å²) in [6, 6.07) is 9.12. The van der Waals surface area contributed by atoms with Gasteiger partial charge in [0.2, 0.25) is 0 Å². The summed E-state index contributed by atoms with van der Waals surface area (Å²) in [5, 5.41) is 6.39. The van der Waals surface area contributed by atoms with Crippen LogP contribution in [0.1, 0.15) is 21.1 Å². The number of carbonyl (C=O) groups is 1. The first kappa shape index (κ1) is 13.9. The number of carbonyl (C=O) groups excluding carboxylic acids is 1. The molecule has 1 amide bonds. The highest BCUT2D eigenvalue weighted by molar-refractivity contribution is 7.16. The minimum atomic E-state index is -0.145. The Bertz CT molecular complexity index is 777. The minimum Gasteiger partial charge on any atom is -0.298 e. The van der Waals surface area contributed by atoms with Crippen LogP contribution >= 0.6 is 22.7 Å². The fraction of sp³-hybridized carbons (Fsp3) is 0.133. The van der Waals surface area contributed by atoms with E-state index in [0.717, 1.165) is 21.3 Å². The van der Waals surface area contributed by atoms with E-state index in [1.165, 1.54) is 11.3 Å². The molecule has 0 bridgehead atoms. The van der Waals surface area contributed by atoms with Crippen molar-refractivity contribution in [1.82, 2.24) is 9.97 Å². The topological polar surface area (TPSA) is 54.9 Å². The van der Waals surface area contributed by atoms with Crippen molar-refractivity contribution < 1.29 is 4.79 Å². The molecule has 0 radical (unpaired) electrons.